The molecule has 2 heterocycles. The molecule has 0 atom stereocenters. The van der Waals surface area contributed by atoms with Crippen LogP contribution in [0.2, 0.25) is 0 Å². The van der Waals surface area contributed by atoms with Crippen LogP contribution < -0.4 is 0 Å². The Morgan fingerprint density at radius 1 is 0.780 bits per heavy atom. The van der Waals surface area contributed by atoms with Gasteiger partial charge < -0.3 is 9.30 Å². The third-order valence-corrected chi connectivity index (χ3v) is 10.5. The van der Waals surface area contributed by atoms with Crippen molar-refractivity contribution in [3.8, 4) is 0 Å². The predicted molar refractivity (Wildman–Crippen MR) is 156 cm³/mol. The summed E-state index contributed by atoms with van der Waals surface area (Å²) < 4.78 is 63.5. The molecular weight excluding hydrogens is 560 g/mol. The fourth-order valence-electron chi connectivity index (χ4n) is 4.84. The van der Waals surface area contributed by atoms with Gasteiger partial charge >= 0.3 is 0 Å². The van der Waals surface area contributed by atoms with Gasteiger partial charge in [-0.2, -0.15) is 4.31 Å². The van der Waals surface area contributed by atoms with Crippen molar-refractivity contribution in [2.24, 2.45) is 0 Å². The highest BCUT2D eigenvalue weighted by molar-refractivity contribution is 7.90. The summed E-state index contributed by atoms with van der Waals surface area (Å²) in [5.41, 5.74) is 2.04. The molecule has 216 valence electrons. The molecule has 0 saturated carbocycles. The van der Waals surface area contributed by atoms with Crippen molar-refractivity contribution in [1.82, 2.24) is 18.8 Å². The molecule has 9 nitrogen and oxygen atoms in total. The van der Waals surface area contributed by atoms with Crippen LogP contribution in [0.5, 0.6) is 0 Å². The van der Waals surface area contributed by atoms with Gasteiger partial charge in [0.25, 0.3) is 0 Å². The first-order valence-corrected chi connectivity index (χ1v) is 16.6. The number of rotatable bonds is 12. The fraction of sp³-hybridized carbons (Fsp3) is 0.300. The quantitative estimate of drug-likeness (QED) is 0.248. The highest BCUT2D eigenvalue weighted by Crippen LogP contribution is 2.23. The Balaban J connectivity index is 1.51. The van der Waals surface area contributed by atoms with E-state index in [9.17, 15) is 16.8 Å². The monoisotopic (exact) mass is 594 g/mol. The Bertz CT molecular complexity index is 1620. The van der Waals surface area contributed by atoms with Crippen molar-refractivity contribution < 1.29 is 21.6 Å². The molecular formula is C30H34N4O5S2. The van der Waals surface area contributed by atoms with Gasteiger partial charge in [-0.05, 0) is 23.3 Å². The molecule has 3 aromatic carbocycles. The van der Waals surface area contributed by atoms with Gasteiger partial charge in [0, 0.05) is 26.2 Å². The van der Waals surface area contributed by atoms with Crippen molar-refractivity contribution >= 4 is 19.9 Å². The summed E-state index contributed by atoms with van der Waals surface area (Å²) in [5.74, 6) is -0.206. The van der Waals surface area contributed by atoms with E-state index in [1.165, 1.54) is 10.5 Å². The van der Waals surface area contributed by atoms with Gasteiger partial charge in [-0.15, -0.1) is 0 Å². The summed E-state index contributed by atoms with van der Waals surface area (Å²) >= 11 is 0. The Morgan fingerprint density at radius 2 is 1.37 bits per heavy atom. The number of hydrogen-bond acceptors (Lipinski definition) is 7. The molecule has 0 radical (unpaired) electrons. The summed E-state index contributed by atoms with van der Waals surface area (Å²) in [7, 11) is -7.71. The average molecular weight is 595 g/mol. The number of sulfonamides is 1. The van der Waals surface area contributed by atoms with Crippen LogP contribution in [0.25, 0.3) is 0 Å². The smallest absolute Gasteiger partial charge is 0.243 e. The minimum Gasteiger partial charge on any atom is -0.379 e. The molecule has 1 aromatic heterocycles. The minimum atomic E-state index is -3.88. The normalized spacial score (nSPS) is 14.9. The maximum absolute atomic E-state index is 13.9. The van der Waals surface area contributed by atoms with Crippen molar-refractivity contribution in [1.29, 1.82) is 0 Å². The van der Waals surface area contributed by atoms with Crippen LogP contribution in [0.1, 0.15) is 16.8 Å². The van der Waals surface area contributed by atoms with Crippen LogP contribution in [-0.2, 0) is 43.4 Å². The van der Waals surface area contributed by atoms with Crippen LogP contribution >= 0.6 is 0 Å². The number of ether oxygens (including phenoxy) is 1. The SMILES string of the molecule is O=S(=O)(Cc1ccccc1)c1ncc(CN(CCN2CCOCC2)S(=O)(=O)c2ccccc2)n1Cc1ccccc1. The number of nitrogens with zero attached hydrogens (tertiary/aromatic N) is 4. The lowest BCUT2D eigenvalue weighted by Crippen LogP contribution is -2.43. The number of sulfone groups is 1. The van der Waals surface area contributed by atoms with Gasteiger partial charge in [0.15, 0.2) is 0 Å². The van der Waals surface area contributed by atoms with Crippen LogP contribution in [0.3, 0.4) is 0 Å². The maximum atomic E-state index is 13.9. The van der Waals surface area contributed by atoms with E-state index in [0.717, 1.165) is 18.7 Å². The maximum Gasteiger partial charge on any atom is 0.243 e. The zero-order chi connectivity index (χ0) is 28.7. The second kappa shape index (κ2) is 13.1. The lowest BCUT2D eigenvalue weighted by Gasteiger charge is -2.30. The average Bonchev–Trinajstić information content (AvgIpc) is 3.39. The number of aromatic nitrogens is 2. The molecule has 1 saturated heterocycles. The minimum absolute atomic E-state index is 0.0255. The van der Waals surface area contributed by atoms with Crippen LogP contribution in [0.15, 0.2) is 107 Å². The highest BCUT2D eigenvalue weighted by atomic mass is 32.2. The van der Waals surface area contributed by atoms with Crippen LogP contribution in [0, 0.1) is 0 Å². The Kier molecular flexibility index (Phi) is 9.31. The Labute approximate surface area is 242 Å². The molecule has 0 amide bonds. The number of benzene rings is 3. The molecule has 0 unspecified atom stereocenters. The van der Waals surface area contributed by atoms with Gasteiger partial charge in [0.1, 0.15) is 0 Å². The van der Waals surface area contributed by atoms with Gasteiger partial charge in [-0.3, -0.25) is 4.90 Å². The second-order valence-electron chi connectivity index (χ2n) is 9.95. The zero-order valence-electron chi connectivity index (χ0n) is 22.7. The topological polar surface area (TPSA) is 102 Å². The summed E-state index contributed by atoms with van der Waals surface area (Å²) in [6, 6.07) is 26.8. The second-order valence-corrected chi connectivity index (χ2v) is 13.8. The molecule has 0 aliphatic carbocycles. The summed E-state index contributed by atoms with van der Waals surface area (Å²) in [6.45, 7) is 3.65. The Hall–Kier alpha value is -3.35. The molecule has 41 heavy (non-hydrogen) atoms. The van der Waals surface area contributed by atoms with Gasteiger partial charge in [-0.25, -0.2) is 21.8 Å². The van der Waals surface area contributed by atoms with Crippen molar-refractivity contribution in [2.45, 2.75) is 28.9 Å². The first-order valence-electron chi connectivity index (χ1n) is 13.5. The largest absolute Gasteiger partial charge is 0.379 e. The lowest BCUT2D eigenvalue weighted by molar-refractivity contribution is 0.0361. The first-order chi connectivity index (χ1) is 19.8. The van der Waals surface area contributed by atoms with E-state index >= 15 is 0 Å². The van der Waals surface area contributed by atoms with Crippen molar-refractivity contribution in [3.05, 3.63) is 114 Å². The molecule has 1 aliphatic rings. The Morgan fingerprint density at radius 3 is 2.00 bits per heavy atom. The first kappa shape index (κ1) is 29.2. The fourth-order valence-corrected chi connectivity index (χ4v) is 7.76. The van der Waals surface area contributed by atoms with E-state index in [-0.39, 0.29) is 35.4 Å². The molecule has 11 heteroatoms. The van der Waals surface area contributed by atoms with E-state index in [1.807, 2.05) is 36.4 Å². The van der Waals surface area contributed by atoms with E-state index in [2.05, 4.69) is 9.88 Å². The van der Waals surface area contributed by atoms with E-state index < -0.39 is 19.9 Å². The molecule has 0 spiro atoms. The number of hydrogen-bond donors (Lipinski definition) is 0. The summed E-state index contributed by atoms with van der Waals surface area (Å²) in [4.78, 5) is 6.73. The lowest BCUT2D eigenvalue weighted by atomic mass is 10.2. The van der Waals surface area contributed by atoms with E-state index in [0.29, 0.717) is 31.0 Å². The van der Waals surface area contributed by atoms with Crippen molar-refractivity contribution in [3.63, 3.8) is 0 Å². The van der Waals surface area contributed by atoms with Gasteiger partial charge in [-0.1, -0.05) is 78.9 Å². The highest BCUT2D eigenvalue weighted by Gasteiger charge is 2.29. The van der Waals surface area contributed by atoms with Gasteiger partial charge in [0.2, 0.25) is 25.0 Å². The molecule has 5 rings (SSSR count). The molecule has 4 aromatic rings. The summed E-state index contributed by atoms with van der Waals surface area (Å²) in [6.07, 6.45) is 1.49. The van der Waals surface area contributed by atoms with Crippen molar-refractivity contribution in [2.75, 3.05) is 39.4 Å². The third kappa shape index (κ3) is 7.30. The number of morpholine rings is 1. The summed E-state index contributed by atoms with van der Waals surface area (Å²) in [5, 5.41) is -0.0783. The molecule has 0 bridgehead atoms. The van der Waals surface area contributed by atoms with Crippen LogP contribution in [-0.4, -0.2) is 75.0 Å². The standard InChI is InChI=1S/C30H34N4O5S2/c35-40(36,25-27-12-6-2-7-13-27)30-31-22-28(34(30)23-26-10-4-1-5-11-26)24-33(17-16-32-18-20-39-21-19-32)41(37,38)29-14-8-3-9-15-29/h1-15,22H,16-21,23-25H2. The number of imidazole rings is 1. The zero-order valence-corrected chi connectivity index (χ0v) is 24.4. The molecule has 1 aliphatic heterocycles. The van der Waals surface area contributed by atoms with E-state index in [1.54, 1.807) is 59.2 Å². The third-order valence-electron chi connectivity index (χ3n) is 7.05. The van der Waals surface area contributed by atoms with Gasteiger partial charge in [0.05, 0.1) is 48.8 Å². The van der Waals surface area contributed by atoms with Crippen LogP contribution in [0.4, 0.5) is 0 Å². The molecule has 1 fully saturated rings. The molecule has 0 N–H and O–H groups in total. The van der Waals surface area contributed by atoms with E-state index in [4.69, 9.17) is 4.74 Å². The predicted octanol–water partition coefficient (Wildman–Crippen LogP) is 3.43.